The van der Waals surface area contributed by atoms with Crippen LogP contribution in [0, 0.1) is 0 Å². The van der Waals surface area contributed by atoms with Crippen molar-refractivity contribution in [3.63, 3.8) is 0 Å². The van der Waals surface area contributed by atoms with Gasteiger partial charge in [-0.15, -0.1) is 0 Å². The molecule has 0 aliphatic carbocycles. The van der Waals surface area contributed by atoms with E-state index in [4.69, 9.17) is 13.6 Å². The van der Waals surface area contributed by atoms with Crippen molar-refractivity contribution in [1.82, 2.24) is 0 Å². The summed E-state index contributed by atoms with van der Waals surface area (Å²) in [6.45, 7) is 19.8. The molecule has 0 bridgehead atoms. The smallest absolute Gasteiger partial charge is 0.411 e. The molecule has 0 aromatic carbocycles. The maximum absolute atomic E-state index is 13.7. The number of halogens is 3. The van der Waals surface area contributed by atoms with Gasteiger partial charge in [0.25, 0.3) is 0 Å². The number of aliphatic hydroxyl groups excluding tert-OH is 1. The highest BCUT2D eigenvalue weighted by Gasteiger charge is 2.57. The summed E-state index contributed by atoms with van der Waals surface area (Å²) < 4.78 is 58.6. The molecule has 4 atom stereocenters. The van der Waals surface area contributed by atoms with Crippen molar-refractivity contribution < 1.29 is 31.9 Å². The molecule has 1 aliphatic heterocycles. The predicted octanol–water partition coefficient (Wildman–Crippen LogP) is 5.44. The van der Waals surface area contributed by atoms with E-state index in [9.17, 15) is 18.3 Å². The highest BCUT2D eigenvalue weighted by molar-refractivity contribution is 6.74. The van der Waals surface area contributed by atoms with Crippen LogP contribution < -0.4 is 0 Å². The van der Waals surface area contributed by atoms with Gasteiger partial charge in [0.05, 0.1) is 6.10 Å². The monoisotopic (exact) mass is 430 g/mol. The van der Waals surface area contributed by atoms with E-state index < -0.39 is 47.4 Å². The molecule has 1 N–H and O–H groups in total. The van der Waals surface area contributed by atoms with E-state index in [-0.39, 0.29) is 16.5 Å². The number of hydrogen-bond acceptors (Lipinski definition) is 4. The summed E-state index contributed by atoms with van der Waals surface area (Å²) in [5.41, 5.74) is 0. The summed E-state index contributed by atoms with van der Waals surface area (Å²) in [7, 11) is -4.90. The Kier molecular flexibility index (Phi) is 7.17. The van der Waals surface area contributed by atoms with Gasteiger partial charge >= 0.3 is 6.18 Å². The zero-order valence-corrected chi connectivity index (χ0v) is 20.3. The Bertz CT molecular complexity index is 510. The Morgan fingerprint density at radius 1 is 0.852 bits per heavy atom. The molecule has 0 spiro atoms. The lowest BCUT2D eigenvalue weighted by Crippen LogP contribution is -2.62. The fourth-order valence-electron chi connectivity index (χ4n) is 2.42. The van der Waals surface area contributed by atoms with Crippen molar-refractivity contribution in [2.75, 3.05) is 0 Å². The van der Waals surface area contributed by atoms with Crippen LogP contribution in [-0.4, -0.2) is 52.5 Å². The molecule has 0 saturated carbocycles. The van der Waals surface area contributed by atoms with Gasteiger partial charge < -0.3 is 18.7 Å². The molecule has 1 saturated heterocycles. The van der Waals surface area contributed by atoms with Gasteiger partial charge in [0.15, 0.2) is 29.0 Å². The molecule has 27 heavy (non-hydrogen) atoms. The molecular formula is C18H37F3O4Si2. The average molecular weight is 431 g/mol. The minimum absolute atomic E-state index is 0.0294. The fourth-order valence-corrected chi connectivity index (χ4v) is 5.07. The van der Waals surface area contributed by atoms with E-state index in [2.05, 4.69) is 0 Å². The van der Waals surface area contributed by atoms with Gasteiger partial charge in [0, 0.05) is 6.42 Å². The van der Waals surface area contributed by atoms with Crippen LogP contribution in [0.15, 0.2) is 0 Å². The van der Waals surface area contributed by atoms with Crippen LogP contribution in [0.1, 0.15) is 48.0 Å². The van der Waals surface area contributed by atoms with E-state index in [0.29, 0.717) is 0 Å². The summed E-state index contributed by atoms with van der Waals surface area (Å²) in [4.78, 5) is 0. The van der Waals surface area contributed by atoms with Crippen LogP contribution >= 0.6 is 0 Å². The van der Waals surface area contributed by atoms with Crippen LogP contribution in [0.25, 0.3) is 0 Å². The third kappa shape index (κ3) is 6.02. The van der Waals surface area contributed by atoms with Gasteiger partial charge in [0.1, 0.15) is 6.10 Å². The molecule has 1 unspecified atom stereocenters. The molecular weight excluding hydrogens is 393 g/mol. The summed E-state index contributed by atoms with van der Waals surface area (Å²) in [6.07, 6.45) is -10.6. The van der Waals surface area contributed by atoms with Gasteiger partial charge in [-0.05, 0) is 36.3 Å². The summed E-state index contributed by atoms with van der Waals surface area (Å²) in [5.74, 6) is 0. The Balaban J connectivity index is 3.30. The molecule has 0 aromatic heterocycles. The van der Waals surface area contributed by atoms with Crippen LogP contribution in [-0.2, 0) is 13.6 Å². The van der Waals surface area contributed by atoms with Gasteiger partial charge in [-0.1, -0.05) is 41.5 Å². The van der Waals surface area contributed by atoms with Gasteiger partial charge in [0.2, 0.25) is 0 Å². The van der Waals surface area contributed by atoms with E-state index in [1.54, 1.807) is 0 Å². The molecule has 162 valence electrons. The molecule has 1 aliphatic rings. The number of alkyl halides is 3. The largest absolute Gasteiger partial charge is 0.417 e. The molecule has 0 aromatic rings. The van der Waals surface area contributed by atoms with Gasteiger partial charge in [-0.25, -0.2) is 0 Å². The van der Waals surface area contributed by atoms with Crippen LogP contribution in [0.5, 0.6) is 0 Å². The van der Waals surface area contributed by atoms with E-state index in [1.165, 1.54) is 0 Å². The summed E-state index contributed by atoms with van der Waals surface area (Å²) in [6, 6.07) is 0. The first-order chi connectivity index (χ1) is 11.7. The van der Waals surface area contributed by atoms with Crippen molar-refractivity contribution in [2.45, 2.75) is 115 Å². The van der Waals surface area contributed by atoms with Crippen molar-refractivity contribution in [3.8, 4) is 0 Å². The maximum Gasteiger partial charge on any atom is 0.417 e. The third-order valence-corrected chi connectivity index (χ3v) is 15.2. The van der Waals surface area contributed by atoms with Gasteiger partial charge in [-0.2, -0.15) is 13.2 Å². The second kappa shape index (κ2) is 7.72. The summed E-state index contributed by atoms with van der Waals surface area (Å²) >= 11 is 0. The lowest BCUT2D eigenvalue weighted by Gasteiger charge is -2.49. The third-order valence-electron chi connectivity index (χ3n) is 6.21. The first kappa shape index (κ1) is 25.1. The Morgan fingerprint density at radius 3 is 1.63 bits per heavy atom. The minimum atomic E-state index is -4.65. The number of aliphatic hydroxyl groups is 1. The molecule has 1 rings (SSSR count). The van der Waals surface area contributed by atoms with Crippen molar-refractivity contribution in [2.24, 2.45) is 0 Å². The molecule has 0 radical (unpaired) electrons. The zero-order chi connectivity index (χ0) is 21.6. The Hall–Kier alpha value is 0.0638. The SMILES string of the molecule is CC(C)(C)[Si](C)(C)O[C@@H]1[C@@H](O[Si](C)(C)C(C)(C)C)CC(O)O[C@@H]1C(F)(F)F. The number of ether oxygens (including phenoxy) is 1. The number of rotatable bonds is 4. The lowest BCUT2D eigenvalue weighted by molar-refractivity contribution is -0.316. The standard InChI is InChI=1S/C18H37F3O4Si2/c1-16(2,3)26(7,8)24-12-11-13(22)23-15(18(19,20)21)14(12)25-27(9,10)17(4,5)6/h12-15,22H,11H2,1-10H3/t12-,13?,14+,15-/m0/s1. The highest BCUT2D eigenvalue weighted by atomic mass is 28.4. The molecule has 0 amide bonds. The first-order valence-electron chi connectivity index (χ1n) is 9.45. The average Bonchev–Trinajstić information content (AvgIpc) is 2.36. The lowest BCUT2D eigenvalue weighted by atomic mass is 10.0. The maximum atomic E-state index is 13.7. The van der Waals surface area contributed by atoms with Crippen molar-refractivity contribution in [1.29, 1.82) is 0 Å². The van der Waals surface area contributed by atoms with Crippen LogP contribution in [0.4, 0.5) is 13.2 Å². The Labute approximate surface area is 164 Å². The van der Waals surface area contributed by atoms with E-state index >= 15 is 0 Å². The second-order valence-electron chi connectivity index (χ2n) is 10.5. The molecule has 1 fully saturated rings. The first-order valence-corrected chi connectivity index (χ1v) is 15.3. The zero-order valence-electron chi connectivity index (χ0n) is 18.3. The number of hydrogen-bond donors (Lipinski definition) is 1. The predicted molar refractivity (Wildman–Crippen MR) is 106 cm³/mol. The second-order valence-corrected chi connectivity index (χ2v) is 20.1. The molecule has 9 heteroatoms. The minimum Gasteiger partial charge on any atom is -0.411 e. The van der Waals surface area contributed by atoms with E-state index in [1.807, 2.05) is 67.7 Å². The topological polar surface area (TPSA) is 47.9 Å². The fraction of sp³-hybridized carbons (Fsp3) is 1.00. The van der Waals surface area contributed by atoms with Crippen molar-refractivity contribution >= 4 is 16.6 Å². The summed E-state index contributed by atoms with van der Waals surface area (Å²) in [5, 5.41) is 9.52. The quantitative estimate of drug-likeness (QED) is 0.604. The van der Waals surface area contributed by atoms with Gasteiger partial charge in [-0.3, -0.25) is 0 Å². The van der Waals surface area contributed by atoms with Crippen LogP contribution in [0.2, 0.25) is 36.3 Å². The molecule has 4 nitrogen and oxygen atoms in total. The van der Waals surface area contributed by atoms with Crippen LogP contribution in [0.3, 0.4) is 0 Å². The normalized spacial score (nSPS) is 29.1. The van der Waals surface area contributed by atoms with Crippen molar-refractivity contribution in [3.05, 3.63) is 0 Å². The highest BCUT2D eigenvalue weighted by Crippen LogP contribution is 2.44. The molecule has 1 heterocycles. The van der Waals surface area contributed by atoms with E-state index in [0.717, 1.165) is 0 Å². The Morgan fingerprint density at radius 2 is 1.26 bits per heavy atom.